The summed E-state index contributed by atoms with van der Waals surface area (Å²) in [4.78, 5) is 17.8. The Kier molecular flexibility index (Phi) is 1.75. The van der Waals surface area contributed by atoms with Crippen LogP contribution >= 0.6 is 11.3 Å². The van der Waals surface area contributed by atoms with Crippen LogP contribution in [0.5, 0.6) is 0 Å². The molecule has 15 heavy (non-hydrogen) atoms. The van der Waals surface area contributed by atoms with Crippen LogP contribution in [-0.4, -0.2) is 21.2 Å². The van der Waals surface area contributed by atoms with E-state index in [0.29, 0.717) is 6.54 Å². The van der Waals surface area contributed by atoms with Gasteiger partial charge >= 0.3 is 0 Å². The molecule has 1 aliphatic heterocycles. The van der Waals surface area contributed by atoms with Gasteiger partial charge < -0.3 is 5.73 Å². The van der Waals surface area contributed by atoms with Gasteiger partial charge in [0.1, 0.15) is 11.4 Å². The zero-order valence-corrected chi connectivity index (χ0v) is 8.53. The first-order valence-electron chi connectivity index (χ1n) is 4.39. The molecule has 2 aromatic rings. The highest BCUT2D eigenvalue weighted by molar-refractivity contribution is 7.11. The summed E-state index contributed by atoms with van der Waals surface area (Å²) in [7, 11) is 0. The van der Waals surface area contributed by atoms with E-state index in [1.807, 2.05) is 6.21 Å². The topological polar surface area (TPSA) is 77.0 Å². The first-order chi connectivity index (χ1) is 7.34. The van der Waals surface area contributed by atoms with Crippen molar-refractivity contribution in [2.24, 2.45) is 4.99 Å². The SMILES string of the molecule is Nc1ncc2c(n1)-c1ncsc1C=NC2. The van der Waals surface area contributed by atoms with Crippen LogP contribution in [0.2, 0.25) is 0 Å². The maximum atomic E-state index is 5.57. The molecule has 3 rings (SSSR count). The second-order valence-corrected chi connectivity index (χ2v) is 4.02. The number of nitrogens with two attached hydrogens (primary N) is 1. The number of aliphatic imine (C=N–C) groups is 1. The van der Waals surface area contributed by atoms with Crippen LogP contribution in [-0.2, 0) is 6.54 Å². The lowest BCUT2D eigenvalue weighted by molar-refractivity contribution is 1.03. The molecule has 0 fully saturated rings. The molecular formula is C9H7N5S. The van der Waals surface area contributed by atoms with Crippen LogP contribution in [0, 0.1) is 0 Å². The molecule has 0 unspecified atom stereocenters. The van der Waals surface area contributed by atoms with Crippen molar-refractivity contribution in [3.05, 3.63) is 22.1 Å². The van der Waals surface area contributed by atoms with Gasteiger partial charge in [0.05, 0.1) is 16.9 Å². The zero-order chi connectivity index (χ0) is 10.3. The van der Waals surface area contributed by atoms with E-state index < -0.39 is 0 Å². The van der Waals surface area contributed by atoms with Gasteiger partial charge in [-0.15, -0.1) is 11.3 Å². The Morgan fingerprint density at radius 3 is 3.13 bits per heavy atom. The number of thiazole rings is 1. The van der Waals surface area contributed by atoms with Crippen LogP contribution in [0.4, 0.5) is 5.95 Å². The van der Waals surface area contributed by atoms with Crippen LogP contribution in [0.3, 0.4) is 0 Å². The maximum absolute atomic E-state index is 5.57. The molecule has 2 aromatic heterocycles. The van der Waals surface area contributed by atoms with Gasteiger partial charge in [0, 0.05) is 18.0 Å². The molecule has 5 nitrogen and oxygen atoms in total. The van der Waals surface area contributed by atoms with Crippen molar-refractivity contribution in [3.8, 4) is 11.4 Å². The Labute approximate surface area is 89.7 Å². The molecule has 3 heterocycles. The molecule has 0 aliphatic carbocycles. The van der Waals surface area contributed by atoms with Crippen LogP contribution in [0.1, 0.15) is 10.4 Å². The minimum Gasteiger partial charge on any atom is -0.368 e. The lowest BCUT2D eigenvalue weighted by Gasteiger charge is -2.02. The predicted octanol–water partition coefficient (Wildman–Crippen LogP) is 1.11. The summed E-state index contributed by atoms with van der Waals surface area (Å²) in [5, 5.41) is 0. The fourth-order valence-electron chi connectivity index (χ4n) is 1.49. The number of anilines is 1. The van der Waals surface area contributed by atoms with E-state index in [4.69, 9.17) is 5.73 Å². The van der Waals surface area contributed by atoms with Crippen LogP contribution < -0.4 is 5.73 Å². The molecule has 0 radical (unpaired) electrons. The standard InChI is InChI=1S/C9H7N5S/c10-9-12-2-5-1-11-3-6-8(7(5)14-9)13-4-15-6/h2-4H,1H2,(H2,10,12,14). The largest absolute Gasteiger partial charge is 0.368 e. The lowest BCUT2D eigenvalue weighted by Crippen LogP contribution is -2.00. The molecular weight excluding hydrogens is 210 g/mol. The molecule has 0 atom stereocenters. The number of hydrogen-bond acceptors (Lipinski definition) is 6. The van der Waals surface area contributed by atoms with Gasteiger partial charge in [-0.3, -0.25) is 4.99 Å². The van der Waals surface area contributed by atoms with Gasteiger partial charge in [-0.2, -0.15) is 0 Å². The first kappa shape index (κ1) is 8.49. The summed E-state index contributed by atoms with van der Waals surface area (Å²) in [5.41, 5.74) is 9.97. The fourth-order valence-corrected chi connectivity index (χ4v) is 2.16. The average Bonchev–Trinajstić information content (AvgIpc) is 2.62. The summed E-state index contributed by atoms with van der Waals surface area (Å²) in [6.45, 7) is 0.582. The maximum Gasteiger partial charge on any atom is 0.220 e. The monoisotopic (exact) mass is 217 g/mol. The molecule has 1 aliphatic rings. The molecule has 0 aromatic carbocycles. The third kappa shape index (κ3) is 1.30. The minimum absolute atomic E-state index is 0.273. The number of nitrogen functional groups attached to an aromatic ring is 1. The molecule has 6 heteroatoms. The highest BCUT2D eigenvalue weighted by Crippen LogP contribution is 2.28. The van der Waals surface area contributed by atoms with Crippen molar-refractivity contribution in [1.82, 2.24) is 15.0 Å². The van der Waals surface area contributed by atoms with Crippen molar-refractivity contribution < 1.29 is 0 Å². The van der Waals surface area contributed by atoms with Crippen molar-refractivity contribution in [2.45, 2.75) is 6.54 Å². The Hall–Kier alpha value is -1.82. The van der Waals surface area contributed by atoms with Crippen LogP contribution in [0.15, 0.2) is 16.7 Å². The Balaban J connectivity index is 2.32. The Morgan fingerprint density at radius 1 is 1.27 bits per heavy atom. The number of fused-ring (bicyclic) bond motifs is 3. The quantitative estimate of drug-likeness (QED) is 0.717. The van der Waals surface area contributed by atoms with E-state index in [1.54, 1.807) is 23.0 Å². The summed E-state index contributed by atoms with van der Waals surface area (Å²) >= 11 is 1.55. The first-order valence-corrected chi connectivity index (χ1v) is 5.27. The van der Waals surface area contributed by atoms with Gasteiger partial charge in [-0.05, 0) is 0 Å². The van der Waals surface area contributed by atoms with E-state index >= 15 is 0 Å². The molecule has 2 N–H and O–H groups in total. The van der Waals surface area contributed by atoms with Gasteiger partial charge in [-0.25, -0.2) is 15.0 Å². The molecule has 0 spiro atoms. The van der Waals surface area contributed by atoms with Crippen molar-refractivity contribution in [1.29, 1.82) is 0 Å². The van der Waals surface area contributed by atoms with E-state index in [-0.39, 0.29) is 5.95 Å². The molecule has 0 amide bonds. The van der Waals surface area contributed by atoms with Crippen molar-refractivity contribution >= 4 is 23.5 Å². The summed E-state index contributed by atoms with van der Waals surface area (Å²) in [6, 6.07) is 0. The van der Waals surface area contributed by atoms with E-state index in [0.717, 1.165) is 21.8 Å². The van der Waals surface area contributed by atoms with E-state index in [9.17, 15) is 0 Å². The van der Waals surface area contributed by atoms with Crippen molar-refractivity contribution in [2.75, 3.05) is 5.73 Å². The van der Waals surface area contributed by atoms with Gasteiger partial charge in [0.2, 0.25) is 5.95 Å². The number of hydrogen-bond donors (Lipinski definition) is 1. The summed E-state index contributed by atoms with van der Waals surface area (Å²) in [5.74, 6) is 0.273. The zero-order valence-electron chi connectivity index (χ0n) is 7.71. The number of nitrogens with zero attached hydrogens (tertiary/aromatic N) is 4. The average molecular weight is 217 g/mol. The smallest absolute Gasteiger partial charge is 0.220 e. The van der Waals surface area contributed by atoms with Crippen molar-refractivity contribution in [3.63, 3.8) is 0 Å². The van der Waals surface area contributed by atoms with Crippen LogP contribution in [0.25, 0.3) is 11.4 Å². The van der Waals surface area contributed by atoms with Gasteiger partial charge in [-0.1, -0.05) is 0 Å². The van der Waals surface area contributed by atoms with E-state index in [2.05, 4.69) is 19.9 Å². The van der Waals surface area contributed by atoms with Gasteiger partial charge in [0.15, 0.2) is 0 Å². The predicted molar refractivity (Wildman–Crippen MR) is 58.9 cm³/mol. The Morgan fingerprint density at radius 2 is 2.20 bits per heavy atom. The number of aromatic nitrogens is 3. The lowest BCUT2D eigenvalue weighted by atomic mass is 10.2. The summed E-state index contributed by atoms with van der Waals surface area (Å²) < 4.78 is 0. The molecule has 0 bridgehead atoms. The third-order valence-corrected chi connectivity index (χ3v) is 2.94. The second-order valence-electron chi connectivity index (χ2n) is 3.14. The highest BCUT2D eigenvalue weighted by Gasteiger charge is 2.16. The van der Waals surface area contributed by atoms with Gasteiger partial charge in [0.25, 0.3) is 0 Å². The van der Waals surface area contributed by atoms with E-state index in [1.165, 1.54) is 0 Å². The Bertz CT molecular complexity index is 545. The minimum atomic E-state index is 0.273. The molecule has 0 saturated heterocycles. The summed E-state index contributed by atoms with van der Waals surface area (Å²) in [6.07, 6.45) is 3.54. The highest BCUT2D eigenvalue weighted by atomic mass is 32.1. The third-order valence-electron chi connectivity index (χ3n) is 2.17. The molecule has 74 valence electrons. The molecule has 0 saturated carbocycles. The fraction of sp³-hybridized carbons (Fsp3) is 0.111. The number of rotatable bonds is 0. The normalized spacial score (nSPS) is 13.1. The second kappa shape index (κ2) is 3.09.